The number of carbonyl (C=O) groups is 1. The Morgan fingerprint density at radius 1 is 1.25 bits per heavy atom. The zero-order chi connectivity index (χ0) is 19.0. The largest absolute Gasteiger partial charge is 0.401 e. The summed E-state index contributed by atoms with van der Waals surface area (Å²) in [6.07, 6.45) is 2.43. The summed E-state index contributed by atoms with van der Waals surface area (Å²) in [6, 6.07) is 0. The highest BCUT2D eigenvalue weighted by atomic mass is 28.4. The van der Waals surface area contributed by atoms with Gasteiger partial charge in [0.2, 0.25) is 0 Å². The normalized spacial score (nSPS) is 28.9. The Balaban J connectivity index is 3.01. The zero-order valence-corrected chi connectivity index (χ0v) is 18.0. The van der Waals surface area contributed by atoms with Crippen LogP contribution in [0.2, 0.25) is 18.1 Å². The Kier molecular flexibility index (Phi) is 6.19. The first-order chi connectivity index (χ1) is 10.6. The third-order valence-electron chi connectivity index (χ3n) is 5.58. The molecule has 1 saturated carbocycles. The number of aliphatic hydroxyl groups is 1. The second-order valence-electron chi connectivity index (χ2n) is 9.59. The van der Waals surface area contributed by atoms with Crippen LogP contribution in [0.15, 0.2) is 0 Å². The summed E-state index contributed by atoms with van der Waals surface area (Å²) < 4.78 is 6.45. The van der Waals surface area contributed by atoms with Gasteiger partial charge in [-0.15, -0.1) is 0 Å². The van der Waals surface area contributed by atoms with Gasteiger partial charge < -0.3 is 9.53 Å². The van der Waals surface area contributed by atoms with Crippen LogP contribution in [0.1, 0.15) is 67.7 Å². The van der Waals surface area contributed by atoms with Crippen molar-refractivity contribution in [2.24, 2.45) is 11.8 Å². The van der Waals surface area contributed by atoms with E-state index in [1.165, 1.54) is 0 Å². The maximum atomic E-state index is 12.1. The zero-order valence-electron chi connectivity index (χ0n) is 17.0. The fourth-order valence-electron chi connectivity index (χ4n) is 3.40. The van der Waals surface area contributed by atoms with Gasteiger partial charge in [-0.05, 0) is 65.1 Å². The van der Waals surface area contributed by atoms with Crippen molar-refractivity contribution in [1.82, 2.24) is 0 Å². The summed E-state index contributed by atoms with van der Waals surface area (Å²) in [7, 11) is -1.91. The molecule has 0 aromatic carbocycles. The molecule has 0 radical (unpaired) electrons. The Morgan fingerprint density at radius 2 is 1.79 bits per heavy atom. The summed E-state index contributed by atoms with van der Waals surface area (Å²) in [5.74, 6) is 6.11. The molecule has 0 amide bonds. The molecule has 1 N–H and O–H groups in total. The van der Waals surface area contributed by atoms with E-state index >= 15 is 0 Å². The van der Waals surface area contributed by atoms with E-state index in [9.17, 15) is 9.90 Å². The number of ketones is 1. The molecule has 3 atom stereocenters. The van der Waals surface area contributed by atoms with Crippen molar-refractivity contribution in [3.63, 3.8) is 0 Å². The molecule has 1 fully saturated rings. The molecule has 0 saturated heterocycles. The average Bonchev–Trinajstić information content (AvgIpc) is 2.32. The van der Waals surface area contributed by atoms with Gasteiger partial charge in [-0.2, -0.15) is 0 Å². The Bertz CT molecular complexity index is 529. The number of carbonyl (C=O) groups excluding carboxylic acids is 1. The van der Waals surface area contributed by atoms with Gasteiger partial charge in [0, 0.05) is 5.92 Å². The van der Waals surface area contributed by atoms with Gasteiger partial charge >= 0.3 is 0 Å². The highest BCUT2D eigenvalue weighted by Crippen LogP contribution is 2.40. The third kappa shape index (κ3) is 5.18. The molecule has 4 heteroatoms. The van der Waals surface area contributed by atoms with E-state index in [4.69, 9.17) is 4.43 Å². The van der Waals surface area contributed by atoms with Crippen LogP contribution < -0.4 is 0 Å². The summed E-state index contributed by atoms with van der Waals surface area (Å²) in [5.41, 5.74) is -1.50. The van der Waals surface area contributed by atoms with Crippen LogP contribution >= 0.6 is 0 Å². The lowest BCUT2D eigenvalue weighted by atomic mass is 9.68. The summed E-state index contributed by atoms with van der Waals surface area (Å²) in [5, 5.41) is 10.7. The SMILES string of the molecule is CC(=O)[C@H]1[C@H](C#CC(C)(C)O[Si](C)(C)C(C)(C)C)CCC[C@@]1(C)O. The fraction of sp³-hybridized carbons (Fsp3) is 0.850. The topological polar surface area (TPSA) is 46.5 Å². The lowest BCUT2D eigenvalue weighted by Crippen LogP contribution is -2.47. The molecular formula is C20H36O3Si. The molecule has 0 spiro atoms. The first kappa shape index (κ1) is 21.4. The number of hydrogen-bond donors (Lipinski definition) is 1. The summed E-state index contributed by atoms with van der Waals surface area (Å²) in [4.78, 5) is 12.1. The lowest BCUT2D eigenvalue weighted by molar-refractivity contribution is -0.135. The van der Waals surface area contributed by atoms with Gasteiger partial charge in [0.05, 0.1) is 11.5 Å². The monoisotopic (exact) mass is 352 g/mol. The summed E-state index contributed by atoms with van der Waals surface area (Å²) in [6.45, 7) is 18.4. The Labute approximate surface area is 149 Å². The van der Waals surface area contributed by atoms with E-state index < -0.39 is 25.4 Å². The average molecular weight is 353 g/mol. The van der Waals surface area contributed by atoms with Gasteiger partial charge in [-0.1, -0.05) is 32.6 Å². The lowest BCUT2D eigenvalue weighted by Gasteiger charge is -2.41. The van der Waals surface area contributed by atoms with Crippen molar-refractivity contribution < 1.29 is 14.3 Å². The molecule has 24 heavy (non-hydrogen) atoms. The smallest absolute Gasteiger partial charge is 0.194 e. The molecular weight excluding hydrogens is 316 g/mol. The summed E-state index contributed by atoms with van der Waals surface area (Å²) >= 11 is 0. The van der Waals surface area contributed by atoms with Crippen LogP contribution in [0.4, 0.5) is 0 Å². The molecule has 1 aliphatic carbocycles. The number of Topliss-reactive ketones (excluding diaryl/α,β-unsaturated/α-hetero) is 1. The third-order valence-corrected chi connectivity index (χ3v) is 10.2. The maximum Gasteiger partial charge on any atom is 0.194 e. The van der Waals surface area contributed by atoms with Gasteiger partial charge in [-0.25, -0.2) is 0 Å². The molecule has 1 aliphatic rings. The van der Waals surface area contributed by atoms with Crippen LogP contribution in [-0.4, -0.2) is 30.4 Å². The molecule has 0 bridgehead atoms. The quantitative estimate of drug-likeness (QED) is 0.599. The Morgan fingerprint density at radius 3 is 2.25 bits per heavy atom. The molecule has 0 heterocycles. The molecule has 3 nitrogen and oxygen atoms in total. The minimum atomic E-state index is -1.91. The van der Waals surface area contributed by atoms with Gasteiger partial charge in [-0.3, -0.25) is 4.79 Å². The predicted octanol–water partition coefficient (Wildman–Crippen LogP) is 4.55. The van der Waals surface area contributed by atoms with E-state index in [1.807, 2.05) is 13.8 Å². The standard InChI is InChI=1S/C20H36O3Si/c1-15(21)17-16(11-10-13-20(17,7)22)12-14-19(5,6)23-24(8,9)18(2,3)4/h16-17,22H,10-11,13H2,1-9H3/t16-,17-,20+/m0/s1. The van der Waals surface area contributed by atoms with E-state index in [-0.39, 0.29) is 16.7 Å². The van der Waals surface area contributed by atoms with Crippen LogP contribution in [0, 0.1) is 23.7 Å². The molecule has 0 aliphatic heterocycles. The molecule has 0 unspecified atom stereocenters. The maximum absolute atomic E-state index is 12.1. The van der Waals surface area contributed by atoms with Crippen molar-refractivity contribution in [2.45, 2.75) is 97.1 Å². The van der Waals surface area contributed by atoms with Gasteiger partial charge in [0.25, 0.3) is 0 Å². The van der Waals surface area contributed by atoms with Crippen molar-refractivity contribution in [3.8, 4) is 11.8 Å². The van der Waals surface area contributed by atoms with Gasteiger partial charge in [0.15, 0.2) is 8.32 Å². The first-order valence-corrected chi connectivity index (χ1v) is 12.0. The van der Waals surface area contributed by atoms with E-state index in [2.05, 4.69) is 45.7 Å². The van der Waals surface area contributed by atoms with E-state index in [0.717, 1.165) is 12.8 Å². The minimum absolute atomic E-state index is 0.0297. The second-order valence-corrected chi connectivity index (χ2v) is 14.3. The van der Waals surface area contributed by atoms with Gasteiger partial charge in [0.1, 0.15) is 11.4 Å². The van der Waals surface area contributed by atoms with Crippen molar-refractivity contribution in [3.05, 3.63) is 0 Å². The van der Waals surface area contributed by atoms with Crippen molar-refractivity contribution >= 4 is 14.1 Å². The first-order valence-electron chi connectivity index (χ1n) is 9.05. The molecule has 0 aromatic heterocycles. The van der Waals surface area contributed by atoms with Crippen LogP contribution in [-0.2, 0) is 9.22 Å². The highest BCUT2D eigenvalue weighted by Gasteiger charge is 2.44. The van der Waals surface area contributed by atoms with E-state index in [1.54, 1.807) is 13.8 Å². The van der Waals surface area contributed by atoms with Crippen LogP contribution in [0.3, 0.4) is 0 Å². The van der Waals surface area contributed by atoms with Crippen LogP contribution in [0.5, 0.6) is 0 Å². The van der Waals surface area contributed by atoms with E-state index in [0.29, 0.717) is 6.42 Å². The number of hydrogen-bond acceptors (Lipinski definition) is 3. The second kappa shape index (κ2) is 6.94. The predicted molar refractivity (Wildman–Crippen MR) is 102 cm³/mol. The molecule has 0 aromatic rings. The Hall–Kier alpha value is -0.633. The molecule has 138 valence electrons. The fourth-order valence-corrected chi connectivity index (χ4v) is 5.03. The van der Waals surface area contributed by atoms with Crippen molar-refractivity contribution in [2.75, 3.05) is 0 Å². The minimum Gasteiger partial charge on any atom is -0.401 e. The van der Waals surface area contributed by atoms with Crippen molar-refractivity contribution in [1.29, 1.82) is 0 Å². The molecule has 1 rings (SSSR count). The highest BCUT2D eigenvalue weighted by molar-refractivity contribution is 6.74. The number of rotatable bonds is 3. The van der Waals surface area contributed by atoms with Crippen LogP contribution in [0.25, 0.3) is 0 Å².